The fourth-order valence-electron chi connectivity index (χ4n) is 5.09. The van der Waals surface area contributed by atoms with Crippen LogP contribution in [0.2, 0.25) is 0 Å². The number of anilines is 3. The summed E-state index contributed by atoms with van der Waals surface area (Å²) in [4.78, 5) is 33.4. The molecule has 1 aliphatic carbocycles. The van der Waals surface area contributed by atoms with E-state index in [1.54, 1.807) is 23.2 Å². The van der Waals surface area contributed by atoms with Crippen LogP contribution in [0.25, 0.3) is 6.08 Å². The molecule has 0 bridgehead atoms. The van der Waals surface area contributed by atoms with Gasteiger partial charge in [0.15, 0.2) is 0 Å². The Hall–Kier alpha value is -4.33. The van der Waals surface area contributed by atoms with Crippen molar-refractivity contribution in [2.24, 2.45) is 0 Å². The van der Waals surface area contributed by atoms with Gasteiger partial charge in [0.2, 0.25) is 5.91 Å². The number of hydrogen-bond acceptors (Lipinski definition) is 5. The van der Waals surface area contributed by atoms with Crippen LogP contribution in [0.15, 0.2) is 79.0 Å². The summed E-state index contributed by atoms with van der Waals surface area (Å²) in [7, 11) is 1.85. The van der Waals surface area contributed by atoms with Crippen LogP contribution in [0.4, 0.5) is 21.9 Å². The number of carbonyl (C=O) groups is 2. The molecular formula is C31H35N5O3. The van der Waals surface area contributed by atoms with E-state index in [4.69, 9.17) is 4.74 Å². The quantitative estimate of drug-likeness (QED) is 0.363. The number of benzene rings is 2. The number of nitrogens with zero attached hydrogens (tertiary/aromatic N) is 3. The number of carbonyl (C=O) groups excluding carboxylic acids is 2. The summed E-state index contributed by atoms with van der Waals surface area (Å²) in [5.41, 5.74) is 3.24. The molecule has 2 fully saturated rings. The van der Waals surface area contributed by atoms with Crippen molar-refractivity contribution in [3.8, 4) is 5.75 Å². The smallest absolute Gasteiger partial charge is 0.323 e. The van der Waals surface area contributed by atoms with Crippen LogP contribution < -0.4 is 20.3 Å². The Morgan fingerprint density at radius 1 is 0.949 bits per heavy atom. The van der Waals surface area contributed by atoms with Crippen LogP contribution in [0.5, 0.6) is 5.75 Å². The lowest BCUT2D eigenvalue weighted by Crippen LogP contribution is -2.38. The van der Waals surface area contributed by atoms with Gasteiger partial charge in [0.05, 0.1) is 17.8 Å². The highest BCUT2D eigenvalue weighted by Gasteiger charge is 2.27. The third kappa shape index (κ3) is 7.16. The lowest BCUT2D eigenvalue weighted by Gasteiger charge is -2.24. The summed E-state index contributed by atoms with van der Waals surface area (Å²) >= 11 is 0. The molecule has 202 valence electrons. The Balaban J connectivity index is 1.08. The molecule has 1 unspecified atom stereocenters. The van der Waals surface area contributed by atoms with E-state index in [-0.39, 0.29) is 18.0 Å². The van der Waals surface area contributed by atoms with Gasteiger partial charge in [0.1, 0.15) is 5.75 Å². The van der Waals surface area contributed by atoms with Crippen LogP contribution in [0, 0.1) is 0 Å². The van der Waals surface area contributed by atoms with Crippen LogP contribution in [0.1, 0.15) is 37.8 Å². The van der Waals surface area contributed by atoms with E-state index in [0.29, 0.717) is 17.5 Å². The molecule has 8 nitrogen and oxygen atoms in total. The van der Waals surface area contributed by atoms with Crippen molar-refractivity contribution in [1.82, 2.24) is 9.88 Å². The first-order chi connectivity index (χ1) is 19.0. The predicted molar refractivity (Wildman–Crippen MR) is 155 cm³/mol. The average molecular weight is 526 g/mol. The lowest BCUT2D eigenvalue weighted by molar-refractivity contribution is -0.126. The van der Waals surface area contributed by atoms with Gasteiger partial charge in [0, 0.05) is 49.5 Å². The van der Waals surface area contributed by atoms with E-state index in [2.05, 4.69) is 20.5 Å². The lowest BCUT2D eigenvalue weighted by atomic mass is 10.2. The minimum absolute atomic E-state index is 0.0333. The van der Waals surface area contributed by atoms with Gasteiger partial charge >= 0.3 is 6.03 Å². The Labute approximate surface area is 229 Å². The zero-order valence-corrected chi connectivity index (χ0v) is 22.3. The van der Waals surface area contributed by atoms with Gasteiger partial charge in [-0.05, 0) is 98.8 Å². The molecule has 0 spiro atoms. The zero-order chi connectivity index (χ0) is 27.0. The number of rotatable bonds is 8. The number of aromatic nitrogens is 1. The van der Waals surface area contributed by atoms with Crippen molar-refractivity contribution in [1.29, 1.82) is 0 Å². The first kappa shape index (κ1) is 26.3. The fraction of sp³-hybridized carbons (Fsp3) is 0.323. The number of likely N-dealkylation sites (N-methyl/N-ethyl adjacent to an activating group) is 1. The highest BCUT2D eigenvalue weighted by atomic mass is 16.5. The summed E-state index contributed by atoms with van der Waals surface area (Å²) < 4.78 is 5.99. The van der Waals surface area contributed by atoms with Crippen molar-refractivity contribution < 1.29 is 14.3 Å². The van der Waals surface area contributed by atoms with Gasteiger partial charge < -0.3 is 25.2 Å². The standard InChI is InChI=1S/C31H35N5O3/c1-35(30(37)18-13-23-6-4-5-20-32-23)27-19-21-36(22-27)26-14-9-24(10-15-26)33-31(38)34-25-11-16-29(17-12-25)39-28-7-2-3-8-28/h4-6,9-18,20,27-28H,2-3,7-8,19,21-22H2,1H3,(H2,33,34,38)/b18-13+. The molecule has 1 aliphatic heterocycles. The third-order valence-corrected chi connectivity index (χ3v) is 7.35. The number of pyridine rings is 1. The maximum atomic E-state index is 12.7. The Morgan fingerprint density at radius 3 is 2.31 bits per heavy atom. The highest BCUT2D eigenvalue weighted by Crippen LogP contribution is 2.26. The highest BCUT2D eigenvalue weighted by molar-refractivity contribution is 5.99. The second kappa shape index (κ2) is 12.5. The summed E-state index contributed by atoms with van der Waals surface area (Å²) in [5.74, 6) is 0.804. The molecule has 1 atom stereocenters. The van der Waals surface area contributed by atoms with Gasteiger partial charge in [-0.2, -0.15) is 0 Å². The maximum Gasteiger partial charge on any atom is 0.323 e. The summed E-state index contributed by atoms with van der Waals surface area (Å²) in [6.07, 6.45) is 10.9. The number of urea groups is 1. The maximum absolute atomic E-state index is 12.7. The van der Waals surface area contributed by atoms with E-state index in [9.17, 15) is 9.59 Å². The van der Waals surface area contributed by atoms with E-state index in [0.717, 1.165) is 49.5 Å². The molecule has 2 N–H and O–H groups in total. The van der Waals surface area contributed by atoms with E-state index in [1.807, 2.05) is 73.8 Å². The van der Waals surface area contributed by atoms with Crippen molar-refractivity contribution in [2.75, 3.05) is 35.7 Å². The molecule has 8 heteroatoms. The second-order valence-electron chi connectivity index (χ2n) is 10.1. The second-order valence-corrected chi connectivity index (χ2v) is 10.1. The van der Waals surface area contributed by atoms with E-state index < -0.39 is 0 Å². The number of ether oxygens (including phenoxy) is 1. The summed E-state index contributed by atoms with van der Waals surface area (Å²) in [6, 6.07) is 20.7. The molecule has 1 aromatic heterocycles. The van der Waals surface area contributed by atoms with Gasteiger partial charge in [-0.1, -0.05) is 6.07 Å². The zero-order valence-electron chi connectivity index (χ0n) is 22.3. The molecule has 5 rings (SSSR count). The number of nitrogens with one attached hydrogen (secondary N) is 2. The van der Waals surface area contributed by atoms with E-state index in [1.165, 1.54) is 12.8 Å². The Bertz CT molecular complexity index is 1270. The molecule has 2 aromatic carbocycles. The molecule has 3 amide bonds. The van der Waals surface area contributed by atoms with Crippen LogP contribution in [-0.2, 0) is 4.79 Å². The van der Waals surface area contributed by atoms with Gasteiger partial charge in [-0.25, -0.2) is 4.79 Å². The van der Waals surface area contributed by atoms with Crippen molar-refractivity contribution in [3.63, 3.8) is 0 Å². The number of hydrogen-bond donors (Lipinski definition) is 2. The topological polar surface area (TPSA) is 86.8 Å². The summed E-state index contributed by atoms with van der Waals surface area (Å²) in [5, 5.41) is 5.75. The van der Waals surface area contributed by atoms with Gasteiger partial charge in [-0.3, -0.25) is 9.78 Å². The third-order valence-electron chi connectivity index (χ3n) is 7.35. The molecule has 2 aliphatic rings. The number of amides is 3. The van der Waals surface area contributed by atoms with Crippen molar-refractivity contribution in [2.45, 2.75) is 44.2 Å². The molecule has 3 aromatic rings. The molecular weight excluding hydrogens is 490 g/mol. The van der Waals surface area contributed by atoms with Crippen LogP contribution >= 0.6 is 0 Å². The normalized spacial score (nSPS) is 17.4. The fourth-order valence-corrected chi connectivity index (χ4v) is 5.09. The largest absolute Gasteiger partial charge is 0.490 e. The average Bonchev–Trinajstić information content (AvgIpc) is 3.66. The SMILES string of the molecule is CN(C(=O)/C=C/c1ccccn1)C1CCN(c2ccc(NC(=O)Nc3ccc(OC4CCCC4)cc3)cc2)C1. The minimum atomic E-state index is -0.299. The molecule has 39 heavy (non-hydrogen) atoms. The first-order valence-corrected chi connectivity index (χ1v) is 13.6. The van der Waals surface area contributed by atoms with E-state index >= 15 is 0 Å². The summed E-state index contributed by atoms with van der Waals surface area (Å²) in [6.45, 7) is 1.62. The predicted octanol–water partition coefficient (Wildman–Crippen LogP) is 5.80. The molecule has 2 heterocycles. The van der Waals surface area contributed by atoms with Gasteiger partial charge in [-0.15, -0.1) is 0 Å². The van der Waals surface area contributed by atoms with Gasteiger partial charge in [0.25, 0.3) is 0 Å². The molecule has 0 radical (unpaired) electrons. The minimum Gasteiger partial charge on any atom is -0.490 e. The first-order valence-electron chi connectivity index (χ1n) is 13.6. The molecule has 1 saturated carbocycles. The Morgan fingerprint density at radius 2 is 1.64 bits per heavy atom. The van der Waals surface area contributed by atoms with Crippen molar-refractivity contribution >= 4 is 35.1 Å². The van der Waals surface area contributed by atoms with Crippen LogP contribution in [-0.4, -0.2) is 54.1 Å². The van der Waals surface area contributed by atoms with Crippen molar-refractivity contribution in [3.05, 3.63) is 84.7 Å². The monoisotopic (exact) mass is 525 g/mol. The molecule has 1 saturated heterocycles. The van der Waals surface area contributed by atoms with Crippen LogP contribution in [0.3, 0.4) is 0 Å². The Kier molecular flexibility index (Phi) is 8.41.